The molecule has 1 unspecified atom stereocenters. The first-order valence-electron chi connectivity index (χ1n) is 13.4. The maximum atomic E-state index is 12.1. The molecule has 0 spiro atoms. The van der Waals surface area contributed by atoms with Gasteiger partial charge in [0.15, 0.2) is 6.67 Å². The van der Waals surface area contributed by atoms with Gasteiger partial charge in [-0.3, -0.25) is 9.69 Å². The molecule has 5 heteroatoms. The summed E-state index contributed by atoms with van der Waals surface area (Å²) in [6.07, 6.45) is 30.9. The minimum absolute atomic E-state index is 0. The van der Waals surface area contributed by atoms with Crippen LogP contribution in [0.1, 0.15) is 122 Å². The number of unbranched alkanes of at least 4 members (excludes halogenated alkanes) is 15. The Labute approximate surface area is 209 Å². The van der Waals surface area contributed by atoms with Crippen molar-refractivity contribution < 1.29 is 21.1 Å². The van der Waals surface area contributed by atoms with Gasteiger partial charge < -0.3 is 12.4 Å². The van der Waals surface area contributed by atoms with Crippen LogP contribution in [0.2, 0.25) is 0 Å². The third-order valence-electron chi connectivity index (χ3n) is 6.79. The second-order valence-corrected chi connectivity index (χ2v) is 10.9. The minimum atomic E-state index is 0. The van der Waals surface area contributed by atoms with Gasteiger partial charge in [0.1, 0.15) is 18.1 Å². The van der Waals surface area contributed by atoms with Crippen molar-refractivity contribution in [1.29, 1.82) is 0 Å². The number of rotatable bonds is 19. The van der Waals surface area contributed by atoms with Crippen LogP contribution < -0.4 is 12.4 Å². The van der Waals surface area contributed by atoms with Crippen LogP contribution in [0, 0.1) is 0 Å². The molecule has 2 aliphatic heterocycles. The number of hydrogen-bond acceptors (Lipinski definition) is 2. The Bertz CT molecular complexity index is 540. The van der Waals surface area contributed by atoms with Gasteiger partial charge in [-0.05, 0) is 31.4 Å². The highest BCUT2D eigenvalue weighted by molar-refractivity contribution is 7.96. The van der Waals surface area contributed by atoms with E-state index in [1.807, 2.05) is 11.9 Å². The summed E-state index contributed by atoms with van der Waals surface area (Å²) in [6, 6.07) is 0. The second kappa shape index (κ2) is 18.9. The minimum Gasteiger partial charge on any atom is -1.00 e. The maximum absolute atomic E-state index is 12.1. The van der Waals surface area contributed by atoms with Crippen LogP contribution in [0.4, 0.5) is 0 Å². The van der Waals surface area contributed by atoms with Gasteiger partial charge in [0.2, 0.25) is 5.91 Å². The smallest absolute Gasteiger partial charge is 0.226 e. The molecule has 1 atom stereocenters. The van der Waals surface area contributed by atoms with Crippen LogP contribution in [0.15, 0.2) is 23.8 Å². The first-order valence-corrected chi connectivity index (χ1v) is 14.3. The molecule has 1 saturated heterocycles. The Morgan fingerprint density at radius 1 is 0.812 bits per heavy atom. The van der Waals surface area contributed by atoms with Gasteiger partial charge >= 0.3 is 0 Å². The van der Waals surface area contributed by atoms with Crippen LogP contribution in [0.5, 0.6) is 0 Å². The molecule has 1 fully saturated rings. The molecule has 2 rings (SSSR count). The fourth-order valence-corrected chi connectivity index (χ4v) is 5.78. The zero-order chi connectivity index (χ0) is 22.0. The molecular formula is C27H49ClN2OS. The number of halogens is 1. The highest BCUT2D eigenvalue weighted by Crippen LogP contribution is 2.31. The summed E-state index contributed by atoms with van der Waals surface area (Å²) in [4.78, 5) is 14.2. The summed E-state index contributed by atoms with van der Waals surface area (Å²) in [5, 5.41) is 2.19. The first kappa shape index (κ1) is 29.6. The molecule has 0 aliphatic carbocycles. The molecule has 0 radical (unpaired) electrons. The topological polar surface area (TPSA) is 20.3 Å². The molecule has 2 heterocycles. The van der Waals surface area contributed by atoms with Gasteiger partial charge in [0.25, 0.3) is 0 Å². The highest BCUT2D eigenvalue weighted by Gasteiger charge is 2.33. The van der Waals surface area contributed by atoms with Crippen molar-refractivity contribution >= 4 is 17.9 Å². The summed E-state index contributed by atoms with van der Waals surface area (Å²) < 4.78 is 0.862. The number of allylic oxidation sites excluding steroid dienone is 2. The quantitative estimate of drug-likeness (QED) is 0.140. The lowest BCUT2D eigenvalue weighted by Crippen LogP contribution is -3.00. The van der Waals surface area contributed by atoms with Crippen molar-refractivity contribution in [3.63, 3.8) is 0 Å². The molecule has 3 nitrogen and oxygen atoms in total. The molecule has 0 N–H and O–H groups in total. The number of carbonyl (C=O) groups excluding carboxylic acids is 1. The van der Waals surface area contributed by atoms with Crippen LogP contribution in [0.3, 0.4) is 0 Å². The molecule has 1 amide bonds. The van der Waals surface area contributed by atoms with Gasteiger partial charge in [-0.1, -0.05) is 96.8 Å². The van der Waals surface area contributed by atoms with E-state index in [0.29, 0.717) is 5.91 Å². The van der Waals surface area contributed by atoms with Crippen molar-refractivity contribution in [1.82, 2.24) is 4.90 Å². The van der Waals surface area contributed by atoms with E-state index >= 15 is 0 Å². The summed E-state index contributed by atoms with van der Waals surface area (Å²) >= 11 is 1.86. The fraction of sp³-hybridized carbons (Fsp3) is 0.815. The van der Waals surface area contributed by atoms with E-state index in [1.165, 1.54) is 103 Å². The van der Waals surface area contributed by atoms with Gasteiger partial charge in [-0.2, -0.15) is 0 Å². The SMILES string of the molecule is CCCCCCCCCCCCCCCCCC[N+]1(CN2CCCC2=O)C=CC=CS1.[Cl-]. The first-order chi connectivity index (χ1) is 15.3. The maximum Gasteiger partial charge on any atom is 0.226 e. The predicted molar refractivity (Wildman–Crippen MR) is 136 cm³/mol. The average molecular weight is 485 g/mol. The number of nitrogens with zero attached hydrogens (tertiary/aromatic N) is 2. The molecule has 2 aliphatic rings. The Hall–Kier alpha value is -0.450. The number of hydrogen-bond donors (Lipinski definition) is 0. The third kappa shape index (κ3) is 12.7. The highest BCUT2D eigenvalue weighted by atomic mass is 35.5. The van der Waals surface area contributed by atoms with E-state index in [4.69, 9.17) is 0 Å². The Morgan fingerprint density at radius 3 is 1.78 bits per heavy atom. The lowest BCUT2D eigenvalue weighted by Gasteiger charge is -2.35. The van der Waals surface area contributed by atoms with Gasteiger partial charge in [-0.15, -0.1) is 0 Å². The van der Waals surface area contributed by atoms with Crippen molar-refractivity contribution in [2.45, 2.75) is 122 Å². The summed E-state index contributed by atoms with van der Waals surface area (Å²) in [6.45, 7) is 5.20. The molecule has 0 aromatic heterocycles. The molecule has 32 heavy (non-hydrogen) atoms. The number of quaternary nitrogens is 1. The van der Waals surface area contributed by atoms with E-state index < -0.39 is 0 Å². The van der Waals surface area contributed by atoms with Crippen LogP contribution >= 0.6 is 11.9 Å². The van der Waals surface area contributed by atoms with Crippen molar-refractivity contribution in [3.8, 4) is 0 Å². The number of carbonyl (C=O) groups is 1. The van der Waals surface area contributed by atoms with E-state index in [2.05, 4.69) is 35.6 Å². The molecule has 0 bridgehead atoms. The van der Waals surface area contributed by atoms with Gasteiger partial charge in [0, 0.05) is 18.4 Å². The van der Waals surface area contributed by atoms with Gasteiger partial charge in [0.05, 0.1) is 6.54 Å². The Morgan fingerprint density at radius 2 is 1.34 bits per heavy atom. The van der Waals surface area contributed by atoms with Crippen molar-refractivity contribution in [2.75, 3.05) is 19.8 Å². The number of likely N-dealkylation sites (tertiary alicyclic amines) is 1. The Balaban J connectivity index is 0.00000512. The third-order valence-corrected chi connectivity index (χ3v) is 7.91. The standard InChI is InChI=1S/C27H49N2OS.ClH/c1-2-3-4-5-6-7-8-9-10-11-12-13-14-15-16-17-23-29(24-18-19-25-31-29)26-28-22-20-21-27(28)30;/h18-19,24-25H,2-17,20-23,26H2,1H3;1H/q+1;/p-1. The number of amides is 1. The zero-order valence-corrected chi connectivity index (χ0v) is 22.3. The zero-order valence-electron chi connectivity index (χ0n) is 20.7. The predicted octanol–water partition coefficient (Wildman–Crippen LogP) is 5.34. The molecular weight excluding hydrogens is 436 g/mol. The molecule has 0 aromatic rings. The average Bonchev–Trinajstić information content (AvgIpc) is 3.18. The lowest BCUT2D eigenvalue weighted by molar-refractivity contribution is -0.751. The fourth-order valence-electron chi connectivity index (χ4n) is 4.79. The van der Waals surface area contributed by atoms with Crippen LogP contribution in [0.25, 0.3) is 0 Å². The van der Waals surface area contributed by atoms with Gasteiger partial charge in [-0.25, -0.2) is 3.89 Å². The largest absolute Gasteiger partial charge is 1.00 e. The van der Waals surface area contributed by atoms with E-state index in [9.17, 15) is 4.79 Å². The normalized spacial score (nSPS) is 20.2. The van der Waals surface area contributed by atoms with E-state index in [1.54, 1.807) is 0 Å². The summed E-state index contributed by atoms with van der Waals surface area (Å²) in [7, 11) is 0. The molecule has 0 saturated carbocycles. The lowest BCUT2D eigenvalue weighted by atomic mass is 10.0. The molecule has 0 aromatic carbocycles. The van der Waals surface area contributed by atoms with Crippen molar-refractivity contribution in [2.24, 2.45) is 0 Å². The van der Waals surface area contributed by atoms with Crippen LogP contribution in [-0.2, 0) is 4.79 Å². The van der Waals surface area contributed by atoms with Crippen LogP contribution in [-0.4, -0.2) is 34.5 Å². The van der Waals surface area contributed by atoms with Crippen molar-refractivity contribution in [3.05, 3.63) is 23.8 Å². The summed E-state index contributed by atoms with van der Waals surface area (Å²) in [5.74, 6) is 0.341. The Kier molecular flexibility index (Phi) is 17.5. The van der Waals surface area contributed by atoms with E-state index in [-0.39, 0.29) is 12.4 Å². The monoisotopic (exact) mass is 484 g/mol. The van der Waals surface area contributed by atoms with E-state index in [0.717, 1.165) is 36.5 Å². The second-order valence-electron chi connectivity index (χ2n) is 9.66. The molecule has 186 valence electrons. The summed E-state index contributed by atoms with van der Waals surface area (Å²) in [5.41, 5.74) is 0.